The largest absolute Gasteiger partial charge is 0.492 e. The molecule has 1 heterocycles. The van der Waals surface area contributed by atoms with E-state index in [-0.39, 0.29) is 23.2 Å². The van der Waals surface area contributed by atoms with Crippen LogP contribution in [0.3, 0.4) is 0 Å². The maximum absolute atomic E-state index is 13.1. The van der Waals surface area contributed by atoms with Crippen LogP contribution in [0, 0.1) is 20.8 Å². The first-order valence-corrected chi connectivity index (χ1v) is 11.5. The van der Waals surface area contributed by atoms with E-state index >= 15 is 0 Å². The van der Waals surface area contributed by atoms with Crippen molar-refractivity contribution < 1.29 is 19.1 Å². The van der Waals surface area contributed by atoms with E-state index in [1.165, 1.54) is 0 Å². The molecule has 1 N–H and O–H groups in total. The van der Waals surface area contributed by atoms with Crippen LogP contribution in [0.2, 0.25) is 0 Å². The van der Waals surface area contributed by atoms with E-state index in [1.54, 1.807) is 19.1 Å². The third kappa shape index (κ3) is 4.40. The summed E-state index contributed by atoms with van der Waals surface area (Å²) in [7, 11) is 0. The fourth-order valence-corrected chi connectivity index (χ4v) is 4.76. The average Bonchev–Trinajstić information content (AvgIpc) is 3.39. The summed E-state index contributed by atoms with van der Waals surface area (Å²) < 4.78 is 11.9. The van der Waals surface area contributed by atoms with Crippen molar-refractivity contribution in [1.29, 1.82) is 5.26 Å². The molecule has 2 aromatic carbocycles. The van der Waals surface area contributed by atoms with Crippen LogP contribution in [0.25, 0.3) is 0 Å². The van der Waals surface area contributed by atoms with Crippen LogP contribution in [0.4, 0.5) is 5.69 Å². The van der Waals surface area contributed by atoms with Crippen molar-refractivity contribution in [3.8, 4) is 11.8 Å². The number of hydrogen-bond acceptors (Lipinski definition) is 5. The third-order valence-corrected chi connectivity index (χ3v) is 6.66. The number of aryl methyl sites for hydroxylation is 1. The number of anilines is 1. The van der Waals surface area contributed by atoms with Crippen molar-refractivity contribution in [2.24, 2.45) is 5.92 Å². The molecule has 0 radical (unpaired) electrons. The number of rotatable bonds is 7. The van der Waals surface area contributed by atoms with E-state index in [0.717, 1.165) is 26.9 Å². The maximum atomic E-state index is 13.1. The first kappa shape index (κ1) is 21.6. The molecule has 2 aromatic rings. The van der Waals surface area contributed by atoms with Crippen LogP contribution in [0.15, 0.2) is 36.4 Å². The molecule has 31 heavy (non-hydrogen) atoms. The second-order valence-corrected chi connectivity index (χ2v) is 9.22. The molecular formula is C24H23IN2O4. The van der Waals surface area contributed by atoms with E-state index in [1.807, 2.05) is 18.2 Å². The predicted molar refractivity (Wildman–Crippen MR) is 124 cm³/mol. The van der Waals surface area contributed by atoms with Crippen molar-refractivity contribution in [3.05, 3.63) is 56.7 Å². The highest BCUT2D eigenvalue weighted by molar-refractivity contribution is 14.1. The molecule has 6 nitrogen and oxygen atoms in total. The zero-order valence-corrected chi connectivity index (χ0v) is 19.4. The topological polar surface area (TPSA) is 88.4 Å². The van der Waals surface area contributed by atoms with Gasteiger partial charge in [0.1, 0.15) is 5.75 Å². The number of nitriles is 1. The van der Waals surface area contributed by atoms with Gasteiger partial charge in [0.25, 0.3) is 0 Å². The fraction of sp³-hybridized carbons (Fsp3) is 0.375. The molecule has 2 atom stereocenters. The minimum atomic E-state index is -0.252. The molecule has 2 aliphatic rings. The van der Waals surface area contributed by atoms with Gasteiger partial charge in [0.15, 0.2) is 0 Å². The standard InChI is InChI=1S/C24H23IN2O4/c1-2-30-22(28)5-3-4-16-7-6-15(13-26)10-20(16)27-23(29)19-12-24(19)14-31-21-9-8-17(25)11-18(21)24/h6-11,19H,2-5,12,14H2,1H3,(H,27,29)/t19-,24?/m0/s1. The highest BCUT2D eigenvalue weighted by Crippen LogP contribution is 2.60. The fourth-order valence-electron chi connectivity index (χ4n) is 4.26. The van der Waals surface area contributed by atoms with Crippen molar-refractivity contribution in [1.82, 2.24) is 0 Å². The lowest BCUT2D eigenvalue weighted by Crippen LogP contribution is -2.23. The number of hydrogen-bond donors (Lipinski definition) is 1. The van der Waals surface area contributed by atoms with Gasteiger partial charge in [-0.25, -0.2) is 0 Å². The number of halogens is 1. The van der Waals surface area contributed by atoms with Crippen LogP contribution in [0.1, 0.15) is 42.9 Å². The number of carbonyl (C=O) groups is 2. The number of ether oxygens (including phenoxy) is 2. The summed E-state index contributed by atoms with van der Waals surface area (Å²) in [6.45, 7) is 2.67. The highest BCUT2D eigenvalue weighted by atomic mass is 127. The van der Waals surface area contributed by atoms with Crippen LogP contribution in [-0.4, -0.2) is 25.1 Å². The Bertz CT molecular complexity index is 1080. The lowest BCUT2D eigenvalue weighted by molar-refractivity contribution is -0.143. The molecule has 160 valence electrons. The summed E-state index contributed by atoms with van der Waals surface area (Å²) in [4.78, 5) is 24.7. The van der Waals surface area contributed by atoms with Crippen LogP contribution < -0.4 is 10.1 Å². The summed E-state index contributed by atoms with van der Waals surface area (Å²) in [6, 6.07) is 13.5. The van der Waals surface area contributed by atoms with Gasteiger partial charge < -0.3 is 14.8 Å². The molecule has 1 fully saturated rings. The number of fused-ring (bicyclic) bond motifs is 2. The van der Waals surface area contributed by atoms with Gasteiger partial charge in [0.05, 0.1) is 30.8 Å². The number of nitrogens with one attached hydrogen (secondary N) is 1. The molecule has 1 spiro atoms. The smallest absolute Gasteiger partial charge is 0.305 e. The summed E-state index contributed by atoms with van der Waals surface area (Å²) in [5.74, 6) is 0.417. The maximum Gasteiger partial charge on any atom is 0.305 e. The number of esters is 1. The average molecular weight is 530 g/mol. The summed E-state index contributed by atoms with van der Waals surface area (Å²) >= 11 is 2.28. The van der Waals surface area contributed by atoms with Gasteiger partial charge in [-0.3, -0.25) is 9.59 Å². The molecule has 7 heteroatoms. The summed E-state index contributed by atoms with van der Waals surface area (Å²) in [5, 5.41) is 12.3. The molecule has 1 saturated carbocycles. The third-order valence-electron chi connectivity index (χ3n) is 5.98. The highest BCUT2D eigenvalue weighted by Gasteiger charge is 2.63. The Hall–Kier alpha value is -2.60. The molecule has 1 amide bonds. The van der Waals surface area contributed by atoms with Gasteiger partial charge in [-0.1, -0.05) is 6.07 Å². The van der Waals surface area contributed by atoms with Crippen LogP contribution >= 0.6 is 22.6 Å². The first-order valence-electron chi connectivity index (χ1n) is 10.4. The normalized spacial score (nSPS) is 20.5. The Labute approximate surface area is 195 Å². The van der Waals surface area contributed by atoms with Crippen LogP contribution in [0.5, 0.6) is 5.75 Å². The van der Waals surface area contributed by atoms with Crippen molar-refractivity contribution in [2.45, 2.75) is 38.0 Å². The summed E-state index contributed by atoms with van der Waals surface area (Å²) in [6.07, 6.45) is 2.29. The molecule has 0 saturated heterocycles. The first-order chi connectivity index (χ1) is 15.0. The van der Waals surface area contributed by atoms with Gasteiger partial charge in [0, 0.05) is 26.7 Å². The SMILES string of the molecule is CCOC(=O)CCCc1ccc(C#N)cc1NC(=O)[C@@H]1CC12COc1ccc(I)cc12. The van der Waals surface area contributed by atoms with Crippen LogP contribution in [-0.2, 0) is 26.2 Å². The Morgan fingerprint density at radius 2 is 2.16 bits per heavy atom. The number of amides is 1. The second-order valence-electron chi connectivity index (χ2n) is 7.97. The summed E-state index contributed by atoms with van der Waals surface area (Å²) in [5.41, 5.74) is 2.89. The number of nitrogens with zero attached hydrogens (tertiary/aromatic N) is 1. The molecule has 4 rings (SSSR count). The van der Waals surface area contributed by atoms with E-state index in [2.05, 4.69) is 40.0 Å². The molecule has 1 aliphatic carbocycles. The Balaban J connectivity index is 1.47. The van der Waals surface area contributed by atoms with Gasteiger partial charge in [-0.2, -0.15) is 5.26 Å². The quantitative estimate of drug-likeness (QED) is 0.425. The Kier molecular flexibility index (Phi) is 6.19. The second kappa shape index (κ2) is 8.87. The van der Waals surface area contributed by atoms with Crippen molar-refractivity contribution in [3.63, 3.8) is 0 Å². The van der Waals surface area contributed by atoms with E-state index < -0.39 is 0 Å². The van der Waals surface area contributed by atoms with E-state index in [9.17, 15) is 14.9 Å². The Morgan fingerprint density at radius 1 is 1.32 bits per heavy atom. The zero-order valence-electron chi connectivity index (χ0n) is 17.2. The minimum absolute atomic E-state index is 0.0583. The Morgan fingerprint density at radius 3 is 2.94 bits per heavy atom. The molecule has 0 aromatic heterocycles. The molecular weight excluding hydrogens is 507 g/mol. The zero-order chi connectivity index (χ0) is 22.0. The van der Waals surface area contributed by atoms with E-state index in [4.69, 9.17) is 9.47 Å². The van der Waals surface area contributed by atoms with Gasteiger partial charge in [-0.05, 0) is 84.7 Å². The van der Waals surface area contributed by atoms with Crippen molar-refractivity contribution in [2.75, 3.05) is 18.5 Å². The van der Waals surface area contributed by atoms with Gasteiger partial charge >= 0.3 is 5.97 Å². The van der Waals surface area contributed by atoms with E-state index in [0.29, 0.717) is 43.7 Å². The monoisotopic (exact) mass is 530 g/mol. The number of carbonyl (C=O) groups excluding carboxylic acids is 2. The predicted octanol–water partition coefficient (Wildman–Crippen LogP) is 4.34. The lowest BCUT2D eigenvalue weighted by Gasteiger charge is -2.13. The number of benzene rings is 2. The minimum Gasteiger partial charge on any atom is -0.492 e. The lowest BCUT2D eigenvalue weighted by atomic mass is 9.95. The van der Waals surface area contributed by atoms with Gasteiger partial charge in [0.2, 0.25) is 5.91 Å². The van der Waals surface area contributed by atoms with Gasteiger partial charge in [-0.15, -0.1) is 0 Å². The molecule has 1 aliphatic heterocycles. The molecule has 0 bridgehead atoms. The molecule has 1 unspecified atom stereocenters. The van der Waals surface area contributed by atoms with Crippen molar-refractivity contribution >= 4 is 40.2 Å².